The summed E-state index contributed by atoms with van der Waals surface area (Å²) in [5.74, 6) is -0.802. The molecule has 1 heterocycles. The van der Waals surface area contributed by atoms with Crippen molar-refractivity contribution in [2.24, 2.45) is 5.41 Å². The summed E-state index contributed by atoms with van der Waals surface area (Å²) in [7, 11) is 3.82. The zero-order valence-electron chi connectivity index (χ0n) is 12.1. The average Bonchev–Trinajstić information content (AvgIpc) is 2.66. The normalized spacial score (nSPS) is 24.5. The highest BCUT2D eigenvalue weighted by molar-refractivity contribution is 5.91. The fourth-order valence-electron chi connectivity index (χ4n) is 2.20. The van der Waals surface area contributed by atoms with Crippen LogP contribution in [0.3, 0.4) is 0 Å². The second-order valence-corrected chi connectivity index (χ2v) is 5.20. The number of hydrogen-bond donors (Lipinski definition) is 0. The van der Waals surface area contributed by atoms with Gasteiger partial charge in [0.05, 0.1) is 12.0 Å². The minimum Gasteiger partial charge on any atom is -0.333 e. The van der Waals surface area contributed by atoms with Crippen molar-refractivity contribution in [1.82, 2.24) is 9.96 Å². The first-order valence-electron chi connectivity index (χ1n) is 6.26. The molecular formula is C14H22N2O3. The van der Waals surface area contributed by atoms with E-state index in [0.717, 1.165) is 5.06 Å². The first kappa shape index (κ1) is 15.4. The lowest BCUT2D eigenvalue weighted by atomic mass is 9.79. The highest BCUT2D eigenvalue weighted by Gasteiger charge is 2.50. The maximum Gasteiger partial charge on any atom is 0.358 e. The van der Waals surface area contributed by atoms with Crippen LogP contribution in [0.15, 0.2) is 24.8 Å². The van der Waals surface area contributed by atoms with Crippen LogP contribution in [-0.2, 0) is 14.4 Å². The van der Waals surface area contributed by atoms with Crippen molar-refractivity contribution < 1.29 is 14.4 Å². The highest BCUT2D eigenvalue weighted by atomic mass is 16.7. The molecule has 0 aromatic heterocycles. The van der Waals surface area contributed by atoms with Crippen LogP contribution in [0, 0.1) is 5.41 Å². The molecule has 0 aliphatic carbocycles. The Labute approximate surface area is 114 Å². The first-order chi connectivity index (χ1) is 8.76. The maximum absolute atomic E-state index is 12.5. The van der Waals surface area contributed by atoms with Crippen LogP contribution < -0.4 is 0 Å². The molecule has 1 rings (SSSR count). The van der Waals surface area contributed by atoms with E-state index in [-0.39, 0.29) is 17.5 Å². The molecule has 19 heavy (non-hydrogen) atoms. The van der Waals surface area contributed by atoms with Gasteiger partial charge in [-0.2, -0.15) is 5.06 Å². The van der Waals surface area contributed by atoms with E-state index in [2.05, 4.69) is 13.2 Å². The van der Waals surface area contributed by atoms with Crippen LogP contribution in [-0.4, -0.2) is 48.5 Å². The van der Waals surface area contributed by atoms with Gasteiger partial charge in [-0.1, -0.05) is 12.7 Å². The van der Waals surface area contributed by atoms with Crippen LogP contribution >= 0.6 is 0 Å². The fourth-order valence-corrected chi connectivity index (χ4v) is 2.20. The summed E-state index contributed by atoms with van der Waals surface area (Å²) in [6.07, 6.45) is 2.24. The van der Waals surface area contributed by atoms with E-state index in [0.29, 0.717) is 13.0 Å². The van der Waals surface area contributed by atoms with Crippen molar-refractivity contribution in [2.75, 3.05) is 20.6 Å². The Bertz CT molecular complexity index is 417. The van der Waals surface area contributed by atoms with Crippen molar-refractivity contribution in [3.8, 4) is 0 Å². The van der Waals surface area contributed by atoms with Crippen molar-refractivity contribution in [2.45, 2.75) is 26.3 Å². The quantitative estimate of drug-likeness (QED) is 0.557. The third-order valence-corrected chi connectivity index (χ3v) is 3.78. The van der Waals surface area contributed by atoms with Crippen molar-refractivity contribution in [3.05, 3.63) is 24.8 Å². The zero-order chi connectivity index (χ0) is 14.8. The van der Waals surface area contributed by atoms with Gasteiger partial charge in [-0.15, -0.1) is 6.58 Å². The number of carbonyl (C=O) groups is 2. The lowest BCUT2D eigenvalue weighted by molar-refractivity contribution is -0.191. The predicted octanol–water partition coefficient (Wildman–Crippen LogP) is 1.38. The molecule has 5 nitrogen and oxygen atoms in total. The summed E-state index contributed by atoms with van der Waals surface area (Å²) < 4.78 is 0. The van der Waals surface area contributed by atoms with Crippen LogP contribution in [0.2, 0.25) is 0 Å². The average molecular weight is 266 g/mol. The topological polar surface area (TPSA) is 49.9 Å². The molecule has 2 unspecified atom stereocenters. The lowest BCUT2D eigenvalue weighted by Crippen LogP contribution is -2.47. The van der Waals surface area contributed by atoms with Crippen LogP contribution in [0.25, 0.3) is 0 Å². The van der Waals surface area contributed by atoms with E-state index in [1.807, 2.05) is 25.9 Å². The minimum absolute atomic E-state index is 0.0222. The number of amides is 1. The predicted molar refractivity (Wildman–Crippen MR) is 73.0 cm³/mol. The summed E-state index contributed by atoms with van der Waals surface area (Å²) in [5.41, 5.74) is -0.441. The summed E-state index contributed by atoms with van der Waals surface area (Å²) in [5, 5.41) is 1.12. The molecule has 1 aliphatic heterocycles. The van der Waals surface area contributed by atoms with Gasteiger partial charge < -0.3 is 9.74 Å². The Morgan fingerprint density at radius 2 is 2.16 bits per heavy atom. The molecule has 0 aromatic carbocycles. The van der Waals surface area contributed by atoms with E-state index in [1.54, 1.807) is 13.0 Å². The molecule has 5 heteroatoms. The van der Waals surface area contributed by atoms with E-state index in [1.165, 1.54) is 0 Å². The van der Waals surface area contributed by atoms with Gasteiger partial charge in [0, 0.05) is 11.6 Å². The molecule has 0 N–H and O–H groups in total. The standard InChI is InChI=1S/C14H22N2O3/c1-7-14(11(4)15(5)6)8-9-16(13(14)18)19-12(17)10(2)3/h7,11H,1-2,8-9H2,3-6H3. The van der Waals surface area contributed by atoms with Crippen LogP contribution in [0.5, 0.6) is 0 Å². The smallest absolute Gasteiger partial charge is 0.333 e. The second kappa shape index (κ2) is 5.57. The molecule has 0 saturated carbocycles. The second-order valence-electron chi connectivity index (χ2n) is 5.20. The Morgan fingerprint density at radius 1 is 1.58 bits per heavy atom. The Hall–Kier alpha value is -1.62. The van der Waals surface area contributed by atoms with Crippen LogP contribution in [0.1, 0.15) is 20.3 Å². The molecule has 106 valence electrons. The SMILES string of the molecule is C=CC1(C(C)N(C)C)CCN(OC(=O)C(=C)C)C1=O. The molecule has 1 fully saturated rings. The van der Waals surface area contributed by atoms with Crippen LogP contribution in [0.4, 0.5) is 0 Å². The molecule has 0 aromatic rings. The number of carbonyl (C=O) groups excluding carboxylic acids is 2. The maximum atomic E-state index is 12.5. The van der Waals surface area contributed by atoms with Crippen molar-refractivity contribution in [1.29, 1.82) is 0 Å². The van der Waals surface area contributed by atoms with Gasteiger partial charge in [0.2, 0.25) is 0 Å². The van der Waals surface area contributed by atoms with E-state index in [4.69, 9.17) is 4.84 Å². The molecule has 2 atom stereocenters. The Kier molecular flexibility index (Phi) is 4.52. The summed E-state index contributed by atoms with van der Waals surface area (Å²) in [6, 6.07) is -0.0222. The first-order valence-corrected chi connectivity index (χ1v) is 6.26. The summed E-state index contributed by atoms with van der Waals surface area (Å²) in [6.45, 7) is 11.2. The lowest BCUT2D eigenvalue weighted by Gasteiger charge is -2.34. The van der Waals surface area contributed by atoms with Gasteiger partial charge in [-0.25, -0.2) is 4.79 Å². The molecule has 0 spiro atoms. The third kappa shape index (κ3) is 2.71. The largest absolute Gasteiger partial charge is 0.358 e. The van der Waals surface area contributed by atoms with Crippen molar-refractivity contribution >= 4 is 11.9 Å². The number of hydrogen-bond acceptors (Lipinski definition) is 4. The van der Waals surface area contributed by atoms with Gasteiger partial charge >= 0.3 is 5.97 Å². The van der Waals surface area contributed by atoms with Gasteiger partial charge in [0.15, 0.2) is 0 Å². The highest BCUT2D eigenvalue weighted by Crippen LogP contribution is 2.38. The summed E-state index contributed by atoms with van der Waals surface area (Å²) >= 11 is 0. The van der Waals surface area contributed by atoms with Crippen molar-refractivity contribution in [3.63, 3.8) is 0 Å². The number of hydroxylamine groups is 2. The molecule has 1 aliphatic rings. The van der Waals surface area contributed by atoms with Gasteiger partial charge in [0.1, 0.15) is 0 Å². The molecular weight excluding hydrogens is 244 g/mol. The number of nitrogens with zero attached hydrogens (tertiary/aromatic N) is 2. The summed E-state index contributed by atoms with van der Waals surface area (Å²) in [4.78, 5) is 31.0. The molecule has 1 saturated heterocycles. The third-order valence-electron chi connectivity index (χ3n) is 3.78. The monoisotopic (exact) mass is 266 g/mol. The van der Waals surface area contributed by atoms with Gasteiger partial charge in [-0.3, -0.25) is 4.79 Å². The number of rotatable bonds is 5. The van der Waals surface area contributed by atoms with E-state index in [9.17, 15) is 9.59 Å². The molecule has 0 bridgehead atoms. The van der Waals surface area contributed by atoms with E-state index < -0.39 is 11.4 Å². The molecule has 1 amide bonds. The zero-order valence-corrected chi connectivity index (χ0v) is 12.1. The Balaban J connectivity index is 2.91. The fraction of sp³-hybridized carbons (Fsp3) is 0.571. The van der Waals surface area contributed by atoms with Gasteiger partial charge in [0.25, 0.3) is 5.91 Å². The Morgan fingerprint density at radius 3 is 2.58 bits per heavy atom. The van der Waals surface area contributed by atoms with E-state index >= 15 is 0 Å². The minimum atomic E-state index is -0.709. The molecule has 0 radical (unpaired) electrons. The van der Waals surface area contributed by atoms with Gasteiger partial charge in [-0.05, 0) is 34.4 Å².